The standard InChI is InChI=1S/C12H18N4O2/c1-2-17-8-3-5-14-12(15-8)16-10-9(13)7-4-6-18-11(7)10/h3,5,7,9-11H,2,4,6,13H2,1H3,(H,14,15,16). The number of ether oxygens (including phenoxy) is 2. The van der Waals surface area contributed by atoms with Crippen molar-refractivity contribution in [1.82, 2.24) is 9.97 Å². The van der Waals surface area contributed by atoms with E-state index >= 15 is 0 Å². The number of nitrogens with one attached hydrogen (secondary N) is 1. The predicted octanol–water partition coefficient (Wildman–Crippen LogP) is 0.402. The van der Waals surface area contributed by atoms with Gasteiger partial charge in [-0.25, -0.2) is 4.98 Å². The first kappa shape index (κ1) is 11.7. The van der Waals surface area contributed by atoms with E-state index in [0.29, 0.717) is 24.4 Å². The summed E-state index contributed by atoms with van der Waals surface area (Å²) in [5.41, 5.74) is 6.12. The highest BCUT2D eigenvalue weighted by Crippen LogP contribution is 2.38. The second-order valence-electron chi connectivity index (χ2n) is 4.69. The monoisotopic (exact) mass is 250 g/mol. The molecule has 4 atom stereocenters. The highest BCUT2D eigenvalue weighted by atomic mass is 16.5. The third-order valence-electron chi connectivity index (χ3n) is 3.66. The number of hydrogen-bond donors (Lipinski definition) is 2. The van der Waals surface area contributed by atoms with Gasteiger partial charge < -0.3 is 20.5 Å². The number of fused-ring (bicyclic) bond motifs is 1. The third kappa shape index (κ3) is 1.91. The van der Waals surface area contributed by atoms with Crippen LogP contribution in [0, 0.1) is 5.92 Å². The van der Waals surface area contributed by atoms with Gasteiger partial charge in [0.1, 0.15) is 0 Å². The molecule has 1 saturated carbocycles. The summed E-state index contributed by atoms with van der Waals surface area (Å²) in [4.78, 5) is 8.46. The van der Waals surface area contributed by atoms with E-state index in [1.165, 1.54) is 0 Å². The number of nitrogens with zero attached hydrogens (tertiary/aromatic N) is 2. The summed E-state index contributed by atoms with van der Waals surface area (Å²) in [6, 6.07) is 1.97. The van der Waals surface area contributed by atoms with Gasteiger partial charge in [-0.05, 0) is 13.3 Å². The lowest BCUT2D eigenvalue weighted by Crippen LogP contribution is -2.65. The molecule has 98 valence electrons. The van der Waals surface area contributed by atoms with Crippen molar-refractivity contribution in [3.05, 3.63) is 12.3 Å². The van der Waals surface area contributed by atoms with Crippen LogP contribution in [0.5, 0.6) is 5.88 Å². The van der Waals surface area contributed by atoms with Crippen LogP contribution in [-0.2, 0) is 4.74 Å². The molecule has 0 bridgehead atoms. The topological polar surface area (TPSA) is 82.3 Å². The summed E-state index contributed by atoms with van der Waals surface area (Å²) in [5, 5.41) is 3.25. The molecule has 6 heteroatoms. The van der Waals surface area contributed by atoms with Crippen molar-refractivity contribution in [2.45, 2.75) is 31.5 Å². The van der Waals surface area contributed by atoms with Crippen LogP contribution < -0.4 is 15.8 Å². The fourth-order valence-electron chi connectivity index (χ4n) is 2.72. The molecule has 1 aliphatic carbocycles. The van der Waals surface area contributed by atoms with Crippen molar-refractivity contribution < 1.29 is 9.47 Å². The van der Waals surface area contributed by atoms with Gasteiger partial charge in [-0.15, -0.1) is 0 Å². The van der Waals surface area contributed by atoms with Crippen LogP contribution in [0.25, 0.3) is 0 Å². The van der Waals surface area contributed by atoms with Gasteiger partial charge in [-0.2, -0.15) is 4.98 Å². The molecule has 18 heavy (non-hydrogen) atoms. The summed E-state index contributed by atoms with van der Waals surface area (Å²) in [6.07, 6.45) is 2.95. The maximum absolute atomic E-state index is 6.12. The van der Waals surface area contributed by atoms with E-state index in [1.807, 2.05) is 6.92 Å². The molecule has 1 aromatic heterocycles. The highest BCUT2D eigenvalue weighted by molar-refractivity contribution is 5.33. The Hall–Kier alpha value is -1.40. The van der Waals surface area contributed by atoms with Gasteiger partial charge in [0.25, 0.3) is 0 Å². The van der Waals surface area contributed by atoms with Gasteiger partial charge in [0.15, 0.2) is 0 Å². The van der Waals surface area contributed by atoms with Crippen molar-refractivity contribution in [3.63, 3.8) is 0 Å². The summed E-state index contributed by atoms with van der Waals surface area (Å²) in [7, 11) is 0. The Morgan fingerprint density at radius 3 is 3.33 bits per heavy atom. The maximum atomic E-state index is 6.12. The normalized spacial score (nSPS) is 33.7. The quantitative estimate of drug-likeness (QED) is 0.805. The third-order valence-corrected chi connectivity index (χ3v) is 3.66. The molecule has 6 nitrogen and oxygen atoms in total. The summed E-state index contributed by atoms with van der Waals surface area (Å²) >= 11 is 0. The number of aromatic nitrogens is 2. The molecule has 0 spiro atoms. The Kier molecular flexibility index (Phi) is 3.05. The van der Waals surface area contributed by atoms with E-state index in [1.54, 1.807) is 12.3 Å². The van der Waals surface area contributed by atoms with Crippen molar-refractivity contribution in [2.75, 3.05) is 18.5 Å². The lowest BCUT2D eigenvalue weighted by Gasteiger charge is -2.45. The van der Waals surface area contributed by atoms with Crippen LogP contribution in [0.15, 0.2) is 12.3 Å². The molecule has 1 aromatic rings. The molecule has 2 fully saturated rings. The zero-order valence-corrected chi connectivity index (χ0v) is 10.4. The average Bonchev–Trinajstić information content (AvgIpc) is 2.81. The van der Waals surface area contributed by atoms with Crippen LogP contribution in [-0.4, -0.2) is 41.4 Å². The van der Waals surface area contributed by atoms with Crippen LogP contribution in [0.4, 0.5) is 5.95 Å². The minimum Gasteiger partial charge on any atom is -0.478 e. The molecular weight excluding hydrogens is 232 g/mol. The lowest BCUT2D eigenvalue weighted by atomic mass is 9.72. The molecule has 0 aromatic carbocycles. The van der Waals surface area contributed by atoms with Gasteiger partial charge in [-0.3, -0.25) is 0 Å². The van der Waals surface area contributed by atoms with Gasteiger partial charge in [-0.1, -0.05) is 0 Å². The first-order valence-corrected chi connectivity index (χ1v) is 6.39. The van der Waals surface area contributed by atoms with Gasteiger partial charge in [0, 0.05) is 30.8 Å². The van der Waals surface area contributed by atoms with Crippen LogP contribution in [0.2, 0.25) is 0 Å². The molecule has 0 radical (unpaired) electrons. The van der Waals surface area contributed by atoms with E-state index in [-0.39, 0.29) is 18.2 Å². The zero-order chi connectivity index (χ0) is 12.5. The first-order chi connectivity index (χ1) is 8.79. The number of nitrogens with two attached hydrogens (primary N) is 1. The molecule has 1 saturated heterocycles. The molecule has 3 rings (SSSR count). The minimum absolute atomic E-state index is 0.106. The maximum Gasteiger partial charge on any atom is 0.226 e. The second-order valence-corrected chi connectivity index (χ2v) is 4.69. The Morgan fingerprint density at radius 1 is 1.61 bits per heavy atom. The summed E-state index contributed by atoms with van der Waals surface area (Å²) in [6.45, 7) is 3.32. The highest BCUT2D eigenvalue weighted by Gasteiger charge is 2.52. The van der Waals surface area contributed by atoms with E-state index in [0.717, 1.165) is 13.0 Å². The average molecular weight is 250 g/mol. The minimum atomic E-state index is 0.106. The molecule has 2 heterocycles. The molecule has 0 amide bonds. The van der Waals surface area contributed by atoms with Gasteiger partial charge in [0.05, 0.1) is 18.8 Å². The molecule has 3 N–H and O–H groups in total. The second kappa shape index (κ2) is 4.70. The van der Waals surface area contributed by atoms with Crippen molar-refractivity contribution in [3.8, 4) is 5.88 Å². The van der Waals surface area contributed by atoms with Gasteiger partial charge >= 0.3 is 0 Å². The van der Waals surface area contributed by atoms with Crippen LogP contribution in [0.3, 0.4) is 0 Å². The zero-order valence-electron chi connectivity index (χ0n) is 10.4. The van der Waals surface area contributed by atoms with E-state index in [2.05, 4.69) is 15.3 Å². The smallest absolute Gasteiger partial charge is 0.226 e. The summed E-state index contributed by atoms with van der Waals surface area (Å²) in [5.74, 6) is 1.61. The number of rotatable bonds is 4. The molecule has 1 aliphatic heterocycles. The fourth-order valence-corrected chi connectivity index (χ4v) is 2.72. The predicted molar refractivity (Wildman–Crippen MR) is 66.4 cm³/mol. The van der Waals surface area contributed by atoms with Crippen molar-refractivity contribution in [1.29, 1.82) is 0 Å². The van der Waals surface area contributed by atoms with Crippen molar-refractivity contribution >= 4 is 5.95 Å². The summed E-state index contributed by atoms with van der Waals surface area (Å²) < 4.78 is 11.0. The number of anilines is 1. The largest absolute Gasteiger partial charge is 0.478 e. The number of hydrogen-bond acceptors (Lipinski definition) is 6. The Labute approximate surface area is 106 Å². The van der Waals surface area contributed by atoms with E-state index in [4.69, 9.17) is 15.2 Å². The first-order valence-electron chi connectivity index (χ1n) is 6.39. The van der Waals surface area contributed by atoms with Crippen LogP contribution in [0.1, 0.15) is 13.3 Å². The van der Waals surface area contributed by atoms with E-state index in [9.17, 15) is 0 Å². The van der Waals surface area contributed by atoms with Gasteiger partial charge in [0.2, 0.25) is 11.8 Å². The Balaban J connectivity index is 1.67. The van der Waals surface area contributed by atoms with Crippen LogP contribution >= 0.6 is 0 Å². The molecule has 2 aliphatic rings. The van der Waals surface area contributed by atoms with E-state index < -0.39 is 0 Å². The lowest BCUT2D eigenvalue weighted by molar-refractivity contribution is 0.00507. The SMILES string of the molecule is CCOc1ccnc(NC2C(N)C3CCOC32)n1. The molecular formula is C12H18N4O2. The van der Waals surface area contributed by atoms with Crippen molar-refractivity contribution in [2.24, 2.45) is 11.7 Å². The Bertz CT molecular complexity index is 428. The fraction of sp³-hybridized carbons (Fsp3) is 0.667. The molecule has 4 unspecified atom stereocenters. The Morgan fingerprint density at radius 2 is 2.50 bits per heavy atom.